The number of carbonyl (C=O) groups is 2. The summed E-state index contributed by atoms with van der Waals surface area (Å²) in [6.45, 7) is 0.327. The fourth-order valence-corrected chi connectivity index (χ4v) is 2.28. The Labute approximate surface area is 172 Å². The lowest BCUT2D eigenvalue weighted by molar-refractivity contribution is -0.140. The summed E-state index contributed by atoms with van der Waals surface area (Å²) in [5, 5.41) is 3.25. The highest BCUT2D eigenvalue weighted by Gasteiger charge is 2.01. The molecule has 152 valence electrons. The average molecular weight is 406 g/mol. The van der Waals surface area contributed by atoms with Crippen LogP contribution in [-0.2, 0) is 14.3 Å². The van der Waals surface area contributed by atoms with E-state index in [2.05, 4.69) is 34.4 Å². The Morgan fingerprint density at radius 3 is 2.21 bits per heavy atom. The van der Waals surface area contributed by atoms with Gasteiger partial charge in [-0.25, -0.2) is 4.79 Å². The van der Waals surface area contributed by atoms with E-state index in [-0.39, 0.29) is 5.97 Å². The lowest BCUT2D eigenvalue weighted by atomic mass is 10.2. The lowest BCUT2D eigenvalue weighted by Gasteiger charge is -2.05. The third-order valence-corrected chi connectivity index (χ3v) is 3.88. The number of rotatable bonds is 12. The maximum absolute atomic E-state index is 11.6. The van der Waals surface area contributed by atoms with Gasteiger partial charge in [0.15, 0.2) is 0 Å². The van der Waals surface area contributed by atoms with E-state index in [9.17, 15) is 9.59 Å². The zero-order valence-electron chi connectivity index (χ0n) is 16.2. The van der Waals surface area contributed by atoms with Crippen LogP contribution in [0.1, 0.15) is 38.5 Å². The van der Waals surface area contributed by atoms with Crippen molar-refractivity contribution in [1.82, 2.24) is 0 Å². The van der Waals surface area contributed by atoms with Crippen molar-refractivity contribution < 1.29 is 19.1 Å². The summed E-state index contributed by atoms with van der Waals surface area (Å²) in [5.74, 6) is -0.160. The Balaban J connectivity index is 2.00. The maximum Gasteiger partial charge on any atom is 0.411 e. The van der Waals surface area contributed by atoms with Gasteiger partial charge in [0.25, 0.3) is 0 Å². The number of methoxy groups -OCH3 is 1. The molecule has 0 saturated heterocycles. The SMILES string of the molecule is COC(=O)CCC/C=C\C/C=C\C/C=C\CCOC(=O)Nc1ccc(Cl)cc1. The number of halogens is 1. The fraction of sp³-hybridized carbons (Fsp3) is 0.364. The van der Waals surface area contributed by atoms with Gasteiger partial charge in [-0.15, -0.1) is 0 Å². The molecule has 0 saturated carbocycles. The van der Waals surface area contributed by atoms with E-state index in [4.69, 9.17) is 16.3 Å². The van der Waals surface area contributed by atoms with Crippen LogP contribution in [0.4, 0.5) is 10.5 Å². The molecule has 1 amide bonds. The van der Waals surface area contributed by atoms with Gasteiger partial charge in [-0.05, 0) is 56.4 Å². The second-order valence-electron chi connectivity index (χ2n) is 5.91. The van der Waals surface area contributed by atoms with E-state index in [1.807, 2.05) is 12.2 Å². The molecule has 0 unspecified atom stereocenters. The molecule has 0 aliphatic carbocycles. The maximum atomic E-state index is 11.6. The summed E-state index contributed by atoms with van der Waals surface area (Å²) in [6.07, 6.45) is 16.4. The van der Waals surface area contributed by atoms with Gasteiger partial charge in [0.2, 0.25) is 0 Å². The first-order valence-corrected chi connectivity index (χ1v) is 9.70. The monoisotopic (exact) mass is 405 g/mol. The minimum atomic E-state index is -0.478. The number of esters is 1. The number of amides is 1. The molecule has 0 fully saturated rings. The molecule has 1 aromatic carbocycles. The summed E-state index contributed by atoms with van der Waals surface area (Å²) in [4.78, 5) is 22.6. The van der Waals surface area contributed by atoms with Crippen LogP contribution >= 0.6 is 11.6 Å². The molecular formula is C22H28ClNO4. The third kappa shape index (κ3) is 12.8. The number of nitrogens with one attached hydrogen (secondary N) is 1. The van der Waals surface area contributed by atoms with Crippen LogP contribution in [-0.4, -0.2) is 25.8 Å². The first kappa shape index (κ1) is 23.5. The van der Waals surface area contributed by atoms with E-state index in [1.165, 1.54) is 7.11 Å². The molecule has 0 atom stereocenters. The first-order valence-electron chi connectivity index (χ1n) is 9.33. The van der Waals surface area contributed by atoms with Gasteiger partial charge in [-0.1, -0.05) is 48.1 Å². The largest absolute Gasteiger partial charge is 0.469 e. The Hall–Kier alpha value is -2.53. The number of anilines is 1. The molecule has 5 nitrogen and oxygen atoms in total. The van der Waals surface area contributed by atoms with Crippen LogP contribution in [0.3, 0.4) is 0 Å². The summed E-state index contributed by atoms with van der Waals surface area (Å²) in [6, 6.07) is 6.84. The van der Waals surface area contributed by atoms with E-state index < -0.39 is 6.09 Å². The van der Waals surface area contributed by atoms with Crippen LogP contribution < -0.4 is 5.32 Å². The van der Waals surface area contributed by atoms with E-state index in [0.717, 1.165) is 25.7 Å². The van der Waals surface area contributed by atoms with Crippen LogP contribution in [0, 0.1) is 0 Å². The Morgan fingerprint density at radius 1 is 0.964 bits per heavy atom. The zero-order valence-corrected chi connectivity index (χ0v) is 17.0. The van der Waals surface area contributed by atoms with Crippen LogP contribution in [0.5, 0.6) is 0 Å². The smallest absolute Gasteiger partial charge is 0.411 e. The quantitative estimate of drug-likeness (QED) is 0.260. The molecule has 1 N–H and O–H groups in total. The van der Waals surface area contributed by atoms with Gasteiger partial charge in [0.1, 0.15) is 0 Å². The summed E-state index contributed by atoms with van der Waals surface area (Å²) >= 11 is 5.79. The average Bonchev–Trinajstić information content (AvgIpc) is 2.69. The van der Waals surface area contributed by atoms with Crippen molar-refractivity contribution in [3.8, 4) is 0 Å². The van der Waals surface area contributed by atoms with E-state index in [1.54, 1.807) is 24.3 Å². The van der Waals surface area contributed by atoms with Crippen molar-refractivity contribution in [3.05, 3.63) is 65.7 Å². The van der Waals surface area contributed by atoms with Crippen molar-refractivity contribution in [2.45, 2.75) is 38.5 Å². The number of benzene rings is 1. The van der Waals surface area contributed by atoms with Crippen LogP contribution in [0.25, 0.3) is 0 Å². The standard InChI is InChI=1S/C22H28ClNO4/c1-27-21(25)13-11-9-7-5-3-2-4-6-8-10-12-18-28-22(26)24-20-16-14-19(23)15-17-20/h2,4-5,7-8,10,14-17H,3,6,9,11-13,18H2,1H3,(H,24,26)/b4-2-,7-5-,10-8-. The molecule has 0 bridgehead atoms. The highest BCUT2D eigenvalue weighted by Crippen LogP contribution is 2.13. The van der Waals surface area contributed by atoms with E-state index >= 15 is 0 Å². The molecule has 0 heterocycles. The molecule has 0 radical (unpaired) electrons. The second kappa shape index (κ2) is 15.5. The van der Waals surface area contributed by atoms with Crippen molar-refractivity contribution in [3.63, 3.8) is 0 Å². The number of allylic oxidation sites excluding steroid dienone is 5. The molecule has 0 spiro atoms. The second-order valence-corrected chi connectivity index (χ2v) is 6.35. The number of ether oxygens (including phenoxy) is 2. The van der Waals surface area contributed by atoms with Crippen LogP contribution in [0.15, 0.2) is 60.7 Å². The van der Waals surface area contributed by atoms with Crippen molar-refractivity contribution in [2.75, 3.05) is 19.0 Å². The molecule has 28 heavy (non-hydrogen) atoms. The molecule has 0 aliphatic heterocycles. The van der Waals surface area contributed by atoms with Crippen molar-refractivity contribution >= 4 is 29.4 Å². The molecule has 0 aliphatic rings. The highest BCUT2D eigenvalue weighted by atomic mass is 35.5. The molecule has 1 aromatic rings. The van der Waals surface area contributed by atoms with Gasteiger partial charge in [0, 0.05) is 17.1 Å². The lowest BCUT2D eigenvalue weighted by Crippen LogP contribution is -2.13. The number of unbranched alkanes of at least 4 members (excludes halogenated alkanes) is 1. The van der Waals surface area contributed by atoms with Gasteiger partial charge in [0.05, 0.1) is 13.7 Å². The normalized spacial score (nSPS) is 11.4. The summed E-state index contributed by atoms with van der Waals surface area (Å²) < 4.78 is 9.68. The Morgan fingerprint density at radius 2 is 1.57 bits per heavy atom. The Bertz CT molecular complexity index is 666. The summed E-state index contributed by atoms with van der Waals surface area (Å²) in [5.41, 5.74) is 0.646. The minimum absolute atomic E-state index is 0.160. The fourth-order valence-electron chi connectivity index (χ4n) is 2.15. The third-order valence-electron chi connectivity index (χ3n) is 3.63. The predicted octanol–water partition coefficient (Wildman–Crippen LogP) is 6.07. The predicted molar refractivity (Wildman–Crippen MR) is 114 cm³/mol. The Kier molecular flexibility index (Phi) is 13.0. The topological polar surface area (TPSA) is 64.6 Å². The molecule has 1 rings (SSSR count). The minimum Gasteiger partial charge on any atom is -0.469 e. The summed E-state index contributed by atoms with van der Waals surface area (Å²) in [7, 11) is 1.41. The molecular weight excluding hydrogens is 378 g/mol. The molecule has 0 aromatic heterocycles. The van der Waals surface area contributed by atoms with Gasteiger partial charge in [-0.3, -0.25) is 10.1 Å². The molecule has 6 heteroatoms. The van der Waals surface area contributed by atoms with Crippen molar-refractivity contribution in [1.29, 1.82) is 0 Å². The van der Waals surface area contributed by atoms with E-state index in [0.29, 0.717) is 30.2 Å². The highest BCUT2D eigenvalue weighted by molar-refractivity contribution is 6.30. The van der Waals surface area contributed by atoms with Gasteiger partial charge < -0.3 is 9.47 Å². The van der Waals surface area contributed by atoms with Crippen LogP contribution in [0.2, 0.25) is 5.02 Å². The number of carbonyl (C=O) groups excluding carboxylic acids is 2. The first-order chi connectivity index (χ1) is 13.6. The van der Waals surface area contributed by atoms with Crippen molar-refractivity contribution in [2.24, 2.45) is 0 Å². The van der Waals surface area contributed by atoms with Gasteiger partial charge in [-0.2, -0.15) is 0 Å². The number of hydrogen-bond acceptors (Lipinski definition) is 4. The number of hydrogen-bond donors (Lipinski definition) is 1. The zero-order chi connectivity index (χ0) is 20.5. The van der Waals surface area contributed by atoms with Gasteiger partial charge >= 0.3 is 12.1 Å².